The van der Waals surface area contributed by atoms with Crippen molar-refractivity contribution in [2.75, 3.05) is 0 Å². The standard InChI is InChI=1S/C15H12O.Zr/c16-13-9-12-7-4-8-14(15(12)10-13)11-5-2-1-3-6-11;/h1-8,10,16H,9H2;. The van der Waals surface area contributed by atoms with Gasteiger partial charge in [0.05, 0.1) is 5.76 Å². The van der Waals surface area contributed by atoms with Crippen LogP contribution in [0.15, 0.2) is 54.3 Å². The Bertz CT molecular complexity index is 558. The molecule has 0 spiro atoms. The number of aliphatic hydroxyl groups excluding tert-OH is 1. The van der Waals surface area contributed by atoms with Gasteiger partial charge in [-0.2, -0.15) is 0 Å². The van der Waals surface area contributed by atoms with Crippen LogP contribution >= 0.6 is 0 Å². The second-order valence-corrected chi connectivity index (χ2v) is 4.06. The average molecular weight is 299 g/mol. The Kier molecular flexibility index (Phi) is 3.64. The minimum atomic E-state index is 0. The fourth-order valence-electron chi connectivity index (χ4n) is 2.22. The summed E-state index contributed by atoms with van der Waals surface area (Å²) in [5.74, 6) is 0.457. The van der Waals surface area contributed by atoms with Crippen LogP contribution in [0.2, 0.25) is 0 Å². The van der Waals surface area contributed by atoms with Gasteiger partial charge in [0.1, 0.15) is 0 Å². The first kappa shape index (κ1) is 12.3. The zero-order valence-electron chi connectivity index (χ0n) is 9.35. The fraction of sp³-hybridized carbons (Fsp3) is 0.0667. The van der Waals surface area contributed by atoms with E-state index in [1.807, 2.05) is 30.3 Å². The minimum Gasteiger partial charge on any atom is -0.512 e. The molecule has 0 unspecified atom stereocenters. The van der Waals surface area contributed by atoms with Crippen molar-refractivity contribution in [1.29, 1.82) is 0 Å². The van der Waals surface area contributed by atoms with E-state index in [0.717, 1.165) is 5.56 Å². The van der Waals surface area contributed by atoms with Crippen LogP contribution in [0.5, 0.6) is 0 Å². The van der Waals surface area contributed by atoms with E-state index >= 15 is 0 Å². The van der Waals surface area contributed by atoms with Crippen molar-refractivity contribution in [3.05, 3.63) is 65.4 Å². The van der Waals surface area contributed by atoms with Gasteiger partial charge in [-0.1, -0.05) is 48.5 Å². The zero-order valence-corrected chi connectivity index (χ0v) is 11.8. The van der Waals surface area contributed by atoms with Gasteiger partial charge in [-0.05, 0) is 28.3 Å². The molecule has 1 aliphatic carbocycles. The molecule has 0 aliphatic heterocycles. The molecule has 2 aromatic rings. The number of allylic oxidation sites excluding steroid dienone is 1. The number of hydrogen-bond acceptors (Lipinski definition) is 1. The molecule has 1 nitrogen and oxygen atoms in total. The largest absolute Gasteiger partial charge is 0.512 e. The minimum absolute atomic E-state index is 0. The van der Waals surface area contributed by atoms with Gasteiger partial charge in [-0.3, -0.25) is 0 Å². The van der Waals surface area contributed by atoms with Crippen LogP contribution in [0.4, 0.5) is 0 Å². The van der Waals surface area contributed by atoms with E-state index in [9.17, 15) is 5.11 Å². The van der Waals surface area contributed by atoms with Crippen LogP contribution in [0.3, 0.4) is 0 Å². The van der Waals surface area contributed by atoms with E-state index in [2.05, 4.69) is 24.3 Å². The molecule has 0 atom stereocenters. The van der Waals surface area contributed by atoms with Crippen LogP contribution in [-0.2, 0) is 32.6 Å². The Labute approximate surface area is 120 Å². The molecule has 0 radical (unpaired) electrons. The van der Waals surface area contributed by atoms with E-state index < -0.39 is 0 Å². The Morgan fingerprint density at radius 3 is 2.41 bits per heavy atom. The molecule has 0 bridgehead atoms. The second kappa shape index (κ2) is 5.02. The molecule has 1 aliphatic rings. The SMILES string of the molecule is OC1=Cc2c(cccc2-c2ccccc2)C1.[Zr]. The van der Waals surface area contributed by atoms with Gasteiger partial charge in [0.25, 0.3) is 0 Å². The molecule has 17 heavy (non-hydrogen) atoms. The maximum atomic E-state index is 9.58. The molecule has 2 aromatic carbocycles. The topological polar surface area (TPSA) is 20.2 Å². The molecule has 0 saturated heterocycles. The molecule has 2 heteroatoms. The normalized spacial score (nSPS) is 12.6. The van der Waals surface area contributed by atoms with Crippen LogP contribution in [0.25, 0.3) is 17.2 Å². The van der Waals surface area contributed by atoms with Crippen LogP contribution in [-0.4, -0.2) is 5.11 Å². The summed E-state index contributed by atoms with van der Waals surface area (Å²) < 4.78 is 0. The first-order chi connectivity index (χ1) is 7.84. The van der Waals surface area contributed by atoms with Crippen molar-refractivity contribution < 1.29 is 31.3 Å². The van der Waals surface area contributed by atoms with E-state index in [-0.39, 0.29) is 26.2 Å². The van der Waals surface area contributed by atoms with Gasteiger partial charge >= 0.3 is 0 Å². The van der Waals surface area contributed by atoms with Crippen molar-refractivity contribution in [2.45, 2.75) is 6.42 Å². The Hall–Kier alpha value is -1.14. The van der Waals surface area contributed by atoms with Crippen molar-refractivity contribution in [3.63, 3.8) is 0 Å². The van der Waals surface area contributed by atoms with Gasteiger partial charge in [0, 0.05) is 32.6 Å². The quantitative estimate of drug-likeness (QED) is 0.849. The number of hydrogen-bond donors (Lipinski definition) is 1. The zero-order chi connectivity index (χ0) is 11.0. The predicted molar refractivity (Wildman–Crippen MR) is 66.2 cm³/mol. The van der Waals surface area contributed by atoms with E-state index in [1.54, 1.807) is 0 Å². The molecule has 0 saturated carbocycles. The summed E-state index contributed by atoms with van der Waals surface area (Å²) in [5.41, 5.74) is 4.76. The third-order valence-corrected chi connectivity index (χ3v) is 2.96. The van der Waals surface area contributed by atoms with Crippen molar-refractivity contribution in [2.24, 2.45) is 0 Å². The van der Waals surface area contributed by atoms with E-state index in [1.165, 1.54) is 16.7 Å². The van der Waals surface area contributed by atoms with Crippen LogP contribution < -0.4 is 0 Å². The van der Waals surface area contributed by atoms with Gasteiger partial charge in [0.2, 0.25) is 0 Å². The summed E-state index contributed by atoms with van der Waals surface area (Å²) in [6, 6.07) is 16.5. The molecule has 3 rings (SSSR count). The summed E-state index contributed by atoms with van der Waals surface area (Å²) >= 11 is 0. The summed E-state index contributed by atoms with van der Waals surface area (Å²) in [7, 11) is 0. The smallest absolute Gasteiger partial charge is 0.0972 e. The monoisotopic (exact) mass is 298 g/mol. The summed E-state index contributed by atoms with van der Waals surface area (Å²) in [6.45, 7) is 0. The van der Waals surface area contributed by atoms with Crippen molar-refractivity contribution >= 4 is 6.08 Å². The molecule has 82 valence electrons. The molecule has 0 heterocycles. The molecular weight excluding hydrogens is 287 g/mol. The van der Waals surface area contributed by atoms with Crippen LogP contribution in [0, 0.1) is 0 Å². The van der Waals surface area contributed by atoms with Gasteiger partial charge < -0.3 is 5.11 Å². The first-order valence-corrected chi connectivity index (χ1v) is 5.41. The van der Waals surface area contributed by atoms with E-state index in [4.69, 9.17) is 0 Å². The molecule has 0 fully saturated rings. The fourth-order valence-corrected chi connectivity index (χ4v) is 2.22. The number of benzene rings is 2. The summed E-state index contributed by atoms with van der Waals surface area (Å²) in [5, 5.41) is 9.58. The van der Waals surface area contributed by atoms with Crippen LogP contribution in [0.1, 0.15) is 11.1 Å². The molecular formula is C15H12OZr. The van der Waals surface area contributed by atoms with Gasteiger partial charge in [0.15, 0.2) is 0 Å². The summed E-state index contributed by atoms with van der Waals surface area (Å²) in [4.78, 5) is 0. The van der Waals surface area contributed by atoms with Crippen molar-refractivity contribution in [1.82, 2.24) is 0 Å². The van der Waals surface area contributed by atoms with E-state index in [0.29, 0.717) is 12.2 Å². The second-order valence-electron chi connectivity index (χ2n) is 4.06. The maximum Gasteiger partial charge on any atom is 0.0972 e. The number of aliphatic hydroxyl groups is 1. The molecule has 0 amide bonds. The third kappa shape index (κ3) is 2.28. The Morgan fingerprint density at radius 2 is 1.65 bits per heavy atom. The molecule has 0 aromatic heterocycles. The summed E-state index contributed by atoms with van der Waals surface area (Å²) in [6.07, 6.45) is 2.54. The number of fused-ring (bicyclic) bond motifs is 1. The molecule has 1 N–H and O–H groups in total. The maximum absolute atomic E-state index is 9.58. The van der Waals surface area contributed by atoms with Gasteiger partial charge in [-0.15, -0.1) is 0 Å². The number of rotatable bonds is 1. The van der Waals surface area contributed by atoms with Gasteiger partial charge in [-0.25, -0.2) is 0 Å². The first-order valence-electron chi connectivity index (χ1n) is 5.41. The Balaban J connectivity index is 0.00000108. The Morgan fingerprint density at radius 1 is 0.882 bits per heavy atom. The predicted octanol–water partition coefficient (Wildman–Crippen LogP) is 3.81. The average Bonchev–Trinajstić information content (AvgIpc) is 2.70. The van der Waals surface area contributed by atoms with Crippen molar-refractivity contribution in [3.8, 4) is 11.1 Å². The third-order valence-electron chi connectivity index (χ3n) is 2.96.